The zero-order chi connectivity index (χ0) is 19.4. The number of carbonyl (C=O) groups is 2. The Morgan fingerprint density at radius 2 is 1.38 bits per heavy atom. The summed E-state index contributed by atoms with van der Waals surface area (Å²) in [4.78, 5) is 21.8. The second kappa shape index (κ2) is 11.5. The number of hydrogen-bond acceptors (Lipinski definition) is 5. The van der Waals surface area contributed by atoms with Gasteiger partial charge in [0.15, 0.2) is 0 Å². The van der Waals surface area contributed by atoms with Crippen molar-refractivity contribution < 1.29 is 29.6 Å². The second-order valence-electron chi connectivity index (χ2n) is 5.54. The van der Waals surface area contributed by atoms with Gasteiger partial charge in [0.2, 0.25) is 0 Å². The first-order chi connectivity index (χ1) is 12.5. The number of rotatable bonds is 7. The number of carboxylic acid groups (broad SMARTS) is 1. The van der Waals surface area contributed by atoms with Gasteiger partial charge in [-0.25, -0.2) is 9.59 Å². The van der Waals surface area contributed by atoms with Crippen molar-refractivity contribution in [2.24, 2.45) is 0 Å². The van der Waals surface area contributed by atoms with E-state index in [1.807, 2.05) is 0 Å². The molecule has 0 unspecified atom stereocenters. The number of phenols is 2. The van der Waals surface area contributed by atoms with Gasteiger partial charge in [-0.2, -0.15) is 0 Å². The quantitative estimate of drug-likeness (QED) is 0.504. The van der Waals surface area contributed by atoms with Crippen molar-refractivity contribution in [2.75, 3.05) is 6.61 Å². The number of para-hydroxylation sites is 2. The SMILES string of the molecule is CCCCCCOC(=O)c1ccccc1O.O=C(O)c1ccccc1O. The average molecular weight is 360 g/mol. The molecule has 0 aliphatic rings. The molecule has 6 heteroatoms. The number of phenolic OH excluding ortho intramolecular Hbond substituents is 1. The summed E-state index contributed by atoms with van der Waals surface area (Å²) in [6.45, 7) is 2.56. The molecule has 0 atom stereocenters. The Labute approximate surface area is 152 Å². The number of carbonyl (C=O) groups excluding carboxylic acids is 1. The van der Waals surface area contributed by atoms with Crippen LogP contribution in [0.25, 0.3) is 0 Å². The van der Waals surface area contributed by atoms with Crippen molar-refractivity contribution in [3.63, 3.8) is 0 Å². The van der Waals surface area contributed by atoms with E-state index >= 15 is 0 Å². The van der Waals surface area contributed by atoms with E-state index in [2.05, 4.69) is 6.92 Å². The van der Waals surface area contributed by atoms with Crippen LogP contribution in [0.5, 0.6) is 11.5 Å². The van der Waals surface area contributed by atoms with E-state index in [9.17, 15) is 14.7 Å². The van der Waals surface area contributed by atoms with E-state index in [1.165, 1.54) is 18.2 Å². The molecule has 0 saturated heterocycles. The fourth-order valence-corrected chi connectivity index (χ4v) is 2.07. The molecule has 2 aromatic carbocycles. The normalized spacial score (nSPS) is 9.73. The summed E-state index contributed by atoms with van der Waals surface area (Å²) in [6.07, 6.45) is 4.28. The van der Waals surface area contributed by atoms with Gasteiger partial charge in [0, 0.05) is 0 Å². The number of unbranched alkanes of at least 4 members (excludes halogenated alkanes) is 3. The molecule has 0 aliphatic heterocycles. The molecule has 3 N–H and O–H groups in total. The summed E-state index contributed by atoms with van der Waals surface area (Å²) in [7, 11) is 0. The molecule has 0 spiro atoms. The minimum Gasteiger partial charge on any atom is -0.507 e. The van der Waals surface area contributed by atoms with Crippen LogP contribution < -0.4 is 0 Å². The average Bonchev–Trinajstić information content (AvgIpc) is 2.62. The smallest absolute Gasteiger partial charge is 0.341 e. The Hall–Kier alpha value is -3.02. The van der Waals surface area contributed by atoms with Crippen LogP contribution in [0.3, 0.4) is 0 Å². The Kier molecular flexibility index (Phi) is 9.31. The third-order valence-corrected chi connectivity index (χ3v) is 3.49. The maximum atomic E-state index is 11.5. The lowest BCUT2D eigenvalue weighted by molar-refractivity contribution is 0.0494. The lowest BCUT2D eigenvalue weighted by atomic mass is 10.2. The molecule has 0 aliphatic carbocycles. The summed E-state index contributed by atoms with van der Waals surface area (Å²) in [5.74, 6) is -1.79. The van der Waals surface area contributed by atoms with E-state index in [0.717, 1.165) is 25.7 Å². The standard InChI is InChI=1S/C13H18O3.C7H6O3/c1-2-3-4-7-10-16-13(15)11-8-5-6-9-12(11)14;8-6-4-2-1-3-5(6)7(9)10/h5-6,8-9,14H,2-4,7,10H2,1H3;1-4,8H,(H,9,10). The molecular formula is C20H24O6. The lowest BCUT2D eigenvalue weighted by Gasteiger charge is -2.05. The van der Waals surface area contributed by atoms with Crippen molar-refractivity contribution >= 4 is 11.9 Å². The highest BCUT2D eigenvalue weighted by Crippen LogP contribution is 2.16. The topological polar surface area (TPSA) is 104 Å². The zero-order valence-electron chi connectivity index (χ0n) is 14.7. The number of benzene rings is 2. The highest BCUT2D eigenvalue weighted by Gasteiger charge is 2.10. The molecule has 26 heavy (non-hydrogen) atoms. The number of hydrogen-bond donors (Lipinski definition) is 3. The van der Waals surface area contributed by atoms with Crippen LogP contribution >= 0.6 is 0 Å². The molecule has 2 rings (SSSR count). The number of aromatic carboxylic acids is 1. The van der Waals surface area contributed by atoms with Crippen LogP contribution in [0.1, 0.15) is 53.3 Å². The molecule has 0 radical (unpaired) electrons. The Morgan fingerprint density at radius 3 is 1.85 bits per heavy atom. The monoisotopic (exact) mass is 360 g/mol. The van der Waals surface area contributed by atoms with Crippen LogP contribution in [0.4, 0.5) is 0 Å². The first-order valence-corrected chi connectivity index (χ1v) is 8.43. The maximum absolute atomic E-state index is 11.5. The second-order valence-corrected chi connectivity index (χ2v) is 5.54. The zero-order valence-corrected chi connectivity index (χ0v) is 14.7. The fraction of sp³-hybridized carbons (Fsp3) is 0.300. The van der Waals surface area contributed by atoms with E-state index in [4.69, 9.17) is 14.9 Å². The fourth-order valence-electron chi connectivity index (χ4n) is 2.07. The minimum atomic E-state index is -1.11. The van der Waals surface area contributed by atoms with Crippen molar-refractivity contribution in [3.05, 3.63) is 59.7 Å². The minimum absolute atomic E-state index is 0.0268. The largest absolute Gasteiger partial charge is 0.507 e. The molecule has 0 heterocycles. The molecule has 2 aromatic rings. The number of esters is 1. The highest BCUT2D eigenvalue weighted by molar-refractivity contribution is 5.92. The van der Waals surface area contributed by atoms with Crippen molar-refractivity contribution in [2.45, 2.75) is 32.6 Å². The summed E-state index contributed by atoms with van der Waals surface area (Å²) in [5, 5.41) is 26.7. The lowest BCUT2D eigenvalue weighted by Crippen LogP contribution is -2.06. The van der Waals surface area contributed by atoms with E-state index in [0.29, 0.717) is 6.61 Å². The molecule has 6 nitrogen and oxygen atoms in total. The predicted octanol–water partition coefficient (Wildman–Crippen LogP) is 4.22. The molecule has 0 fully saturated rings. The maximum Gasteiger partial charge on any atom is 0.341 e. The van der Waals surface area contributed by atoms with E-state index in [-0.39, 0.29) is 22.6 Å². The molecule has 0 saturated carbocycles. The van der Waals surface area contributed by atoms with Crippen molar-refractivity contribution in [1.82, 2.24) is 0 Å². The predicted molar refractivity (Wildman–Crippen MR) is 97.6 cm³/mol. The van der Waals surface area contributed by atoms with Gasteiger partial charge < -0.3 is 20.1 Å². The summed E-state index contributed by atoms with van der Waals surface area (Å²) in [5.41, 5.74) is 0.167. The van der Waals surface area contributed by atoms with E-state index in [1.54, 1.807) is 30.3 Å². The van der Waals surface area contributed by atoms with Gasteiger partial charge in [-0.15, -0.1) is 0 Å². The number of carboxylic acids is 1. The van der Waals surface area contributed by atoms with Gasteiger partial charge in [-0.05, 0) is 30.7 Å². The van der Waals surface area contributed by atoms with Gasteiger partial charge in [-0.3, -0.25) is 0 Å². The third kappa shape index (κ3) is 7.25. The van der Waals surface area contributed by atoms with Gasteiger partial charge in [0.1, 0.15) is 22.6 Å². The van der Waals surface area contributed by atoms with Gasteiger partial charge >= 0.3 is 11.9 Å². The van der Waals surface area contributed by atoms with Gasteiger partial charge in [0.05, 0.1) is 6.61 Å². The third-order valence-electron chi connectivity index (χ3n) is 3.49. The summed E-state index contributed by atoms with van der Waals surface area (Å²) >= 11 is 0. The Balaban J connectivity index is 0.000000289. The van der Waals surface area contributed by atoms with Gasteiger partial charge in [-0.1, -0.05) is 50.5 Å². The van der Waals surface area contributed by atoms with Crippen molar-refractivity contribution in [3.8, 4) is 11.5 Å². The van der Waals surface area contributed by atoms with Crippen LogP contribution in [-0.2, 0) is 4.74 Å². The summed E-state index contributed by atoms with van der Waals surface area (Å²) in [6, 6.07) is 12.2. The summed E-state index contributed by atoms with van der Waals surface area (Å²) < 4.78 is 5.06. The molecule has 140 valence electrons. The van der Waals surface area contributed by atoms with Crippen LogP contribution in [0, 0.1) is 0 Å². The number of ether oxygens (including phenoxy) is 1. The van der Waals surface area contributed by atoms with Crippen LogP contribution in [-0.4, -0.2) is 33.9 Å². The van der Waals surface area contributed by atoms with Crippen LogP contribution in [0.15, 0.2) is 48.5 Å². The molecule has 0 amide bonds. The molecular weight excluding hydrogens is 336 g/mol. The Morgan fingerprint density at radius 1 is 0.846 bits per heavy atom. The first kappa shape index (κ1) is 21.0. The Bertz CT molecular complexity index is 711. The van der Waals surface area contributed by atoms with Crippen LogP contribution in [0.2, 0.25) is 0 Å². The first-order valence-electron chi connectivity index (χ1n) is 8.43. The number of aromatic hydroxyl groups is 2. The molecule has 0 aromatic heterocycles. The van der Waals surface area contributed by atoms with Crippen molar-refractivity contribution in [1.29, 1.82) is 0 Å². The highest BCUT2D eigenvalue weighted by atomic mass is 16.5. The molecule has 0 bridgehead atoms. The van der Waals surface area contributed by atoms with Gasteiger partial charge in [0.25, 0.3) is 0 Å². The van der Waals surface area contributed by atoms with E-state index < -0.39 is 11.9 Å².